The van der Waals surface area contributed by atoms with Gasteiger partial charge < -0.3 is 14.6 Å². The number of H-pyrrole nitrogens is 2. The fourth-order valence-corrected chi connectivity index (χ4v) is 1.44. The quantitative estimate of drug-likeness (QED) is 0.672. The molecule has 104 valence electrons. The van der Waals surface area contributed by atoms with Gasteiger partial charge in [-0.25, -0.2) is 4.79 Å². The van der Waals surface area contributed by atoms with E-state index in [2.05, 4.69) is 4.98 Å². The number of likely N-dealkylation sites (N-methyl/N-ethyl adjacent to an activating group) is 1. The van der Waals surface area contributed by atoms with Gasteiger partial charge in [-0.1, -0.05) is 0 Å². The molecule has 0 aromatic carbocycles. The first kappa shape index (κ1) is 14.7. The van der Waals surface area contributed by atoms with Gasteiger partial charge in [0.05, 0.1) is 6.61 Å². The van der Waals surface area contributed by atoms with Crippen LogP contribution in [0.25, 0.3) is 0 Å². The van der Waals surface area contributed by atoms with Crippen molar-refractivity contribution in [3.05, 3.63) is 32.6 Å². The molecule has 0 aliphatic heterocycles. The van der Waals surface area contributed by atoms with Crippen molar-refractivity contribution in [1.29, 1.82) is 0 Å². The lowest BCUT2D eigenvalue weighted by atomic mass is 10.3. The highest BCUT2D eigenvalue weighted by Crippen LogP contribution is 1.98. The van der Waals surface area contributed by atoms with Crippen LogP contribution < -0.4 is 11.2 Å². The number of hydrogen-bond acceptors (Lipinski definition) is 5. The van der Waals surface area contributed by atoms with Crippen molar-refractivity contribution in [3.63, 3.8) is 0 Å². The van der Waals surface area contributed by atoms with Gasteiger partial charge in [-0.15, -0.1) is 0 Å². The minimum Gasteiger partial charge on any atom is -0.465 e. The second kappa shape index (κ2) is 6.53. The van der Waals surface area contributed by atoms with Crippen molar-refractivity contribution < 1.29 is 14.3 Å². The SMILES string of the molecule is CCOC(=O)CN(CC)C(=O)c1cc(=O)[nH]c(=O)[nH]1. The predicted molar refractivity (Wildman–Crippen MR) is 65.9 cm³/mol. The number of amides is 1. The van der Waals surface area contributed by atoms with Crippen LogP contribution in [-0.2, 0) is 9.53 Å². The first-order valence-electron chi connectivity index (χ1n) is 5.76. The predicted octanol–water partition coefficient (Wildman–Crippen LogP) is -0.912. The summed E-state index contributed by atoms with van der Waals surface area (Å²) in [6.45, 7) is 3.55. The van der Waals surface area contributed by atoms with Crippen LogP contribution >= 0.6 is 0 Å². The van der Waals surface area contributed by atoms with Crippen LogP contribution in [0.2, 0.25) is 0 Å². The average Bonchev–Trinajstić information content (AvgIpc) is 2.34. The Morgan fingerprint density at radius 3 is 2.47 bits per heavy atom. The Bertz CT molecular complexity index is 546. The van der Waals surface area contributed by atoms with Crippen LogP contribution in [0.5, 0.6) is 0 Å². The highest BCUT2D eigenvalue weighted by Gasteiger charge is 2.19. The van der Waals surface area contributed by atoms with E-state index in [9.17, 15) is 19.2 Å². The number of aromatic nitrogens is 2. The first-order valence-corrected chi connectivity index (χ1v) is 5.76. The van der Waals surface area contributed by atoms with Crippen molar-refractivity contribution in [1.82, 2.24) is 14.9 Å². The molecule has 0 bridgehead atoms. The van der Waals surface area contributed by atoms with Crippen LogP contribution in [0.3, 0.4) is 0 Å². The van der Waals surface area contributed by atoms with E-state index in [1.54, 1.807) is 13.8 Å². The Kier molecular flexibility index (Phi) is 5.04. The van der Waals surface area contributed by atoms with Crippen molar-refractivity contribution in [2.75, 3.05) is 19.7 Å². The molecule has 0 saturated heterocycles. The Hall–Kier alpha value is -2.38. The molecule has 0 atom stereocenters. The van der Waals surface area contributed by atoms with E-state index >= 15 is 0 Å². The zero-order chi connectivity index (χ0) is 14.4. The molecule has 0 unspecified atom stereocenters. The maximum atomic E-state index is 12.0. The van der Waals surface area contributed by atoms with Gasteiger partial charge in [0.2, 0.25) is 0 Å². The minimum absolute atomic E-state index is 0.167. The summed E-state index contributed by atoms with van der Waals surface area (Å²) in [5.41, 5.74) is -1.62. The molecule has 0 saturated carbocycles. The van der Waals surface area contributed by atoms with E-state index in [1.807, 2.05) is 4.98 Å². The molecule has 0 radical (unpaired) electrons. The Balaban J connectivity index is 2.92. The van der Waals surface area contributed by atoms with Gasteiger partial charge in [-0.05, 0) is 13.8 Å². The standard InChI is InChI=1S/C11H15N3O5/c1-3-14(6-9(16)19-4-2)10(17)7-5-8(15)13-11(18)12-7/h5H,3-4,6H2,1-2H3,(H2,12,13,15,18). The average molecular weight is 269 g/mol. The molecular weight excluding hydrogens is 254 g/mol. The molecule has 0 fully saturated rings. The number of rotatable bonds is 5. The van der Waals surface area contributed by atoms with E-state index in [0.29, 0.717) is 0 Å². The molecule has 0 aliphatic rings. The number of aromatic amines is 2. The summed E-state index contributed by atoms with van der Waals surface area (Å²) in [7, 11) is 0. The number of esters is 1. The molecule has 1 rings (SSSR count). The zero-order valence-corrected chi connectivity index (χ0v) is 10.7. The number of ether oxygens (including phenoxy) is 1. The maximum absolute atomic E-state index is 12.0. The Morgan fingerprint density at radius 1 is 1.26 bits per heavy atom. The second-order valence-electron chi connectivity index (χ2n) is 3.63. The van der Waals surface area contributed by atoms with E-state index in [-0.39, 0.29) is 25.4 Å². The van der Waals surface area contributed by atoms with E-state index in [4.69, 9.17) is 4.74 Å². The third-order valence-corrected chi connectivity index (χ3v) is 2.28. The van der Waals surface area contributed by atoms with Gasteiger partial charge in [0.1, 0.15) is 12.2 Å². The summed E-state index contributed by atoms with van der Waals surface area (Å²) >= 11 is 0. The minimum atomic E-state index is -0.775. The summed E-state index contributed by atoms with van der Waals surface area (Å²) < 4.78 is 4.74. The molecule has 1 aromatic rings. The topological polar surface area (TPSA) is 112 Å². The molecule has 1 amide bonds. The highest BCUT2D eigenvalue weighted by atomic mass is 16.5. The number of carbonyl (C=O) groups is 2. The number of carbonyl (C=O) groups excluding carboxylic acids is 2. The van der Waals surface area contributed by atoms with Crippen LogP contribution in [0.1, 0.15) is 24.3 Å². The van der Waals surface area contributed by atoms with Gasteiger partial charge >= 0.3 is 11.7 Å². The van der Waals surface area contributed by atoms with Gasteiger partial charge in [-0.3, -0.25) is 19.4 Å². The Labute approximate surface area is 108 Å². The molecule has 1 aromatic heterocycles. The monoisotopic (exact) mass is 269 g/mol. The summed E-state index contributed by atoms with van der Waals surface area (Å²) in [6, 6.07) is 0.970. The molecule has 1 heterocycles. The molecule has 2 N–H and O–H groups in total. The summed E-state index contributed by atoms with van der Waals surface area (Å²) in [5.74, 6) is -1.16. The number of nitrogens with zero attached hydrogens (tertiary/aromatic N) is 1. The third kappa shape index (κ3) is 4.09. The van der Waals surface area contributed by atoms with Crippen molar-refractivity contribution >= 4 is 11.9 Å². The zero-order valence-electron chi connectivity index (χ0n) is 10.7. The normalized spacial score (nSPS) is 10.0. The van der Waals surface area contributed by atoms with Gasteiger partial charge in [0.15, 0.2) is 0 Å². The molecule has 0 aliphatic carbocycles. The van der Waals surface area contributed by atoms with Crippen LogP contribution in [0.4, 0.5) is 0 Å². The lowest BCUT2D eigenvalue weighted by Crippen LogP contribution is -2.38. The van der Waals surface area contributed by atoms with Gasteiger partial charge in [-0.2, -0.15) is 0 Å². The lowest BCUT2D eigenvalue weighted by molar-refractivity contribution is -0.143. The summed E-state index contributed by atoms with van der Waals surface area (Å²) in [4.78, 5) is 50.9. The van der Waals surface area contributed by atoms with Crippen molar-refractivity contribution in [3.8, 4) is 0 Å². The first-order chi connectivity index (χ1) is 8.97. The molecule has 8 nitrogen and oxygen atoms in total. The van der Waals surface area contributed by atoms with Gasteiger partial charge in [0.25, 0.3) is 11.5 Å². The van der Waals surface area contributed by atoms with Gasteiger partial charge in [0, 0.05) is 12.6 Å². The highest BCUT2D eigenvalue weighted by molar-refractivity contribution is 5.94. The molecule has 8 heteroatoms. The molecule has 19 heavy (non-hydrogen) atoms. The van der Waals surface area contributed by atoms with Crippen LogP contribution in [0, 0.1) is 0 Å². The fraction of sp³-hybridized carbons (Fsp3) is 0.455. The second-order valence-corrected chi connectivity index (χ2v) is 3.63. The molecule has 0 spiro atoms. The van der Waals surface area contributed by atoms with E-state index in [1.165, 1.54) is 4.90 Å². The summed E-state index contributed by atoms with van der Waals surface area (Å²) in [5, 5.41) is 0. The summed E-state index contributed by atoms with van der Waals surface area (Å²) in [6.07, 6.45) is 0. The third-order valence-electron chi connectivity index (χ3n) is 2.28. The maximum Gasteiger partial charge on any atom is 0.326 e. The van der Waals surface area contributed by atoms with Crippen molar-refractivity contribution in [2.24, 2.45) is 0 Å². The Morgan fingerprint density at radius 2 is 1.95 bits per heavy atom. The smallest absolute Gasteiger partial charge is 0.326 e. The van der Waals surface area contributed by atoms with Crippen LogP contribution in [-0.4, -0.2) is 46.4 Å². The van der Waals surface area contributed by atoms with E-state index in [0.717, 1.165) is 6.07 Å². The lowest BCUT2D eigenvalue weighted by Gasteiger charge is -2.19. The molecular formula is C11H15N3O5. The van der Waals surface area contributed by atoms with Crippen LogP contribution in [0.15, 0.2) is 15.7 Å². The van der Waals surface area contributed by atoms with Crippen molar-refractivity contribution in [2.45, 2.75) is 13.8 Å². The fourth-order valence-electron chi connectivity index (χ4n) is 1.44. The largest absolute Gasteiger partial charge is 0.465 e. The number of hydrogen-bond donors (Lipinski definition) is 2. The van der Waals surface area contributed by atoms with E-state index < -0.39 is 23.1 Å². The number of nitrogens with one attached hydrogen (secondary N) is 2.